The molecule has 1 N–H and O–H groups in total. The molecule has 166 valence electrons. The van der Waals surface area contributed by atoms with Crippen molar-refractivity contribution in [2.75, 3.05) is 33.0 Å². The third-order valence-corrected chi connectivity index (χ3v) is 3.80. The Labute approximate surface area is 176 Å². The van der Waals surface area contributed by atoms with Crippen LogP contribution in [0.25, 0.3) is 10.8 Å². The Kier molecular flexibility index (Phi) is 12.6. The Bertz CT molecular complexity index is 750. The average Bonchev–Trinajstić information content (AvgIpc) is 2.73. The fourth-order valence-electron chi connectivity index (χ4n) is 2.41. The van der Waals surface area contributed by atoms with Gasteiger partial charge < -0.3 is 24.4 Å². The minimum absolute atomic E-state index is 0.0147. The lowest BCUT2D eigenvalue weighted by atomic mass is 10.1. The zero-order chi connectivity index (χ0) is 22.2. The average molecular weight is 422 g/mol. The predicted molar refractivity (Wildman–Crippen MR) is 113 cm³/mol. The van der Waals surface area contributed by atoms with Gasteiger partial charge in [-0.25, -0.2) is 0 Å². The van der Waals surface area contributed by atoms with Crippen LogP contribution in [0.1, 0.15) is 20.8 Å². The summed E-state index contributed by atoms with van der Waals surface area (Å²) in [5.41, 5.74) is 0. The van der Waals surface area contributed by atoms with E-state index < -0.39 is 5.09 Å². The number of ether oxygens (including phenoxy) is 3. The van der Waals surface area contributed by atoms with Gasteiger partial charge in [-0.1, -0.05) is 50.2 Å². The molecule has 0 saturated carbocycles. The van der Waals surface area contributed by atoms with E-state index in [0.29, 0.717) is 32.3 Å². The number of nitrogens with zero attached hydrogens (tertiary/aromatic N) is 1. The van der Waals surface area contributed by atoms with E-state index in [-0.39, 0.29) is 19.3 Å². The summed E-state index contributed by atoms with van der Waals surface area (Å²) in [5.74, 6) is 0.803. The van der Waals surface area contributed by atoms with E-state index in [1.54, 1.807) is 0 Å². The number of benzene rings is 2. The molecular formula is C21H30N2O7. The summed E-state index contributed by atoms with van der Waals surface area (Å²) in [6.45, 7) is 8.12. The van der Waals surface area contributed by atoms with Crippen molar-refractivity contribution in [1.29, 1.82) is 0 Å². The summed E-state index contributed by atoms with van der Waals surface area (Å²) < 4.78 is 15.7. The number of nitrogens with one attached hydrogen (secondary N) is 1. The Morgan fingerprint density at radius 1 is 1.13 bits per heavy atom. The van der Waals surface area contributed by atoms with Crippen LogP contribution in [0, 0.1) is 10.1 Å². The molecule has 0 fully saturated rings. The van der Waals surface area contributed by atoms with Crippen LogP contribution in [-0.4, -0.2) is 56.7 Å². The van der Waals surface area contributed by atoms with Crippen molar-refractivity contribution < 1.29 is 28.9 Å². The van der Waals surface area contributed by atoms with Gasteiger partial charge >= 0.3 is 0 Å². The predicted octanol–water partition coefficient (Wildman–Crippen LogP) is 2.99. The van der Waals surface area contributed by atoms with Gasteiger partial charge in [0.05, 0.1) is 6.61 Å². The maximum Gasteiger partial charge on any atom is 0.294 e. The van der Waals surface area contributed by atoms with E-state index in [2.05, 4.69) is 10.2 Å². The van der Waals surface area contributed by atoms with E-state index in [0.717, 1.165) is 16.5 Å². The highest BCUT2D eigenvalue weighted by atomic mass is 17.0. The molecule has 2 aromatic carbocycles. The Morgan fingerprint density at radius 3 is 2.53 bits per heavy atom. The fraction of sp³-hybridized carbons (Fsp3) is 0.476. The summed E-state index contributed by atoms with van der Waals surface area (Å²) >= 11 is 0. The highest BCUT2D eigenvalue weighted by molar-refractivity contribution is 5.88. The molecule has 0 saturated heterocycles. The van der Waals surface area contributed by atoms with Crippen LogP contribution >= 0.6 is 0 Å². The molecule has 0 aliphatic rings. The molecule has 0 radical (unpaired) electrons. The molecule has 0 aliphatic heterocycles. The first-order valence-corrected chi connectivity index (χ1v) is 9.76. The molecule has 9 heteroatoms. The van der Waals surface area contributed by atoms with E-state index >= 15 is 0 Å². The number of carbonyl (C=O) groups is 1. The minimum Gasteiger partial charge on any atom is -0.489 e. The molecule has 2 rings (SSSR count). The van der Waals surface area contributed by atoms with Gasteiger partial charge in [-0.05, 0) is 18.4 Å². The first kappa shape index (κ1) is 25.1. The van der Waals surface area contributed by atoms with E-state index in [1.807, 2.05) is 63.2 Å². The maximum atomic E-state index is 10.6. The van der Waals surface area contributed by atoms with Crippen LogP contribution in [-0.2, 0) is 19.1 Å². The van der Waals surface area contributed by atoms with Crippen molar-refractivity contribution in [2.45, 2.75) is 32.9 Å². The largest absolute Gasteiger partial charge is 0.489 e. The van der Waals surface area contributed by atoms with Crippen LogP contribution in [0.5, 0.6) is 5.75 Å². The smallest absolute Gasteiger partial charge is 0.294 e. The summed E-state index contributed by atoms with van der Waals surface area (Å²) in [4.78, 5) is 24.0. The van der Waals surface area contributed by atoms with Gasteiger partial charge in [0.1, 0.15) is 25.1 Å². The third-order valence-electron chi connectivity index (χ3n) is 3.80. The van der Waals surface area contributed by atoms with Crippen molar-refractivity contribution in [2.24, 2.45) is 0 Å². The number of hydrogen-bond donors (Lipinski definition) is 1. The quantitative estimate of drug-likeness (QED) is 0.227. The van der Waals surface area contributed by atoms with E-state index in [9.17, 15) is 14.9 Å². The molecule has 1 atom stereocenters. The van der Waals surface area contributed by atoms with Crippen LogP contribution in [0.2, 0.25) is 0 Å². The molecule has 0 aliphatic carbocycles. The van der Waals surface area contributed by atoms with Gasteiger partial charge in [0.2, 0.25) is 0 Å². The van der Waals surface area contributed by atoms with Crippen molar-refractivity contribution in [1.82, 2.24) is 5.32 Å². The standard InChI is InChI=1S/C17H21NO3.C4H9NO4/c1-13(2)18-10-15(21-12-19)11-20-17-9-5-7-14-6-3-4-8-16(14)17;1-2-8-3-4-9-5(6)7/h3-9,12-13,15,18H,10-11H2,1-2H3;2-4H2,1H3. The van der Waals surface area contributed by atoms with Crippen molar-refractivity contribution >= 4 is 17.2 Å². The number of rotatable bonds is 13. The van der Waals surface area contributed by atoms with E-state index in [4.69, 9.17) is 14.2 Å². The first-order chi connectivity index (χ1) is 14.5. The molecule has 2 aromatic rings. The first-order valence-electron chi connectivity index (χ1n) is 9.76. The van der Waals surface area contributed by atoms with Crippen LogP contribution in [0.15, 0.2) is 42.5 Å². The van der Waals surface area contributed by atoms with Gasteiger partial charge in [0.25, 0.3) is 11.6 Å². The second-order valence-electron chi connectivity index (χ2n) is 6.46. The molecular weight excluding hydrogens is 392 g/mol. The summed E-state index contributed by atoms with van der Waals surface area (Å²) in [6.07, 6.45) is -0.302. The molecule has 0 amide bonds. The second kappa shape index (κ2) is 15.0. The topological polar surface area (TPSA) is 109 Å². The highest BCUT2D eigenvalue weighted by Gasteiger charge is 2.12. The Morgan fingerprint density at radius 2 is 1.87 bits per heavy atom. The lowest BCUT2D eigenvalue weighted by molar-refractivity contribution is -0.758. The third kappa shape index (κ3) is 10.6. The lowest BCUT2D eigenvalue weighted by Gasteiger charge is -2.18. The SMILES string of the molecule is CC(C)NCC(COc1cccc2ccccc12)OC=O.CCOCCO[N+](=O)[O-]. The second-order valence-corrected chi connectivity index (χ2v) is 6.46. The maximum absolute atomic E-state index is 10.6. The summed E-state index contributed by atoms with van der Waals surface area (Å²) in [7, 11) is 0. The number of hydrogen-bond acceptors (Lipinski definition) is 8. The van der Waals surface area contributed by atoms with Crippen LogP contribution in [0.3, 0.4) is 0 Å². The van der Waals surface area contributed by atoms with E-state index in [1.165, 1.54) is 0 Å². The van der Waals surface area contributed by atoms with Gasteiger partial charge in [-0.2, -0.15) is 0 Å². The van der Waals surface area contributed by atoms with Gasteiger partial charge in [0, 0.05) is 24.6 Å². The van der Waals surface area contributed by atoms with Crippen LogP contribution in [0.4, 0.5) is 0 Å². The van der Waals surface area contributed by atoms with Gasteiger partial charge in [0.15, 0.2) is 0 Å². The zero-order valence-electron chi connectivity index (χ0n) is 17.6. The van der Waals surface area contributed by atoms with Crippen molar-refractivity contribution in [3.63, 3.8) is 0 Å². The van der Waals surface area contributed by atoms with Crippen molar-refractivity contribution in [3.8, 4) is 5.75 Å². The van der Waals surface area contributed by atoms with Gasteiger partial charge in [-0.3, -0.25) is 4.79 Å². The van der Waals surface area contributed by atoms with Crippen molar-refractivity contribution in [3.05, 3.63) is 52.6 Å². The molecule has 0 bridgehead atoms. The molecule has 0 spiro atoms. The Balaban J connectivity index is 0.000000424. The fourth-order valence-corrected chi connectivity index (χ4v) is 2.41. The number of fused-ring (bicyclic) bond motifs is 1. The monoisotopic (exact) mass is 422 g/mol. The molecule has 0 aromatic heterocycles. The number of carbonyl (C=O) groups excluding carboxylic acids is 1. The van der Waals surface area contributed by atoms with Crippen LogP contribution < -0.4 is 10.1 Å². The lowest BCUT2D eigenvalue weighted by Crippen LogP contribution is -2.37. The minimum atomic E-state index is -0.834. The summed E-state index contributed by atoms with van der Waals surface area (Å²) in [6, 6.07) is 14.3. The normalized spacial score (nSPS) is 11.3. The molecule has 1 unspecified atom stereocenters. The molecule has 0 heterocycles. The highest BCUT2D eigenvalue weighted by Crippen LogP contribution is 2.25. The molecule has 9 nitrogen and oxygen atoms in total. The zero-order valence-corrected chi connectivity index (χ0v) is 17.6. The van der Waals surface area contributed by atoms with Gasteiger partial charge in [-0.15, -0.1) is 10.1 Å². The Hall–Kier alpha value is -2.91. The summed E-state index contributed by atoms with van der Waals surface area (Å²) in [5, 5.41) is 14.1. The molecule has 30 heavy (non-hydrogen) atoms.